The Balaban J connectivity index is 1.55. The molecule has 2 aromatic rings. The molecule has 1 unspecified atom stereocenters. The van der Waals surface area contributed by atoms with E-state index in [1.807, 2.05) is 31.2 Å². The van der Waals surface area contributed by atoms with Gasteiger partial charge in [0.1, 0.15) is 23.6 Å². The van der Waals surface area contributed by atoms with Crippen LogP contribution in [-0.2, 0) is 16.8 Å². The first-order valence-electron chi connectivity index (χ1n) is 10.6. The quantitative estimate of drug-likeness (QED) is 0.349. The number of rotatable bonds is 10. The molecule has 0 saturated carbocycles. The summed E-state index contributed by atoms with van der Waals surface area (Å²) in [7, 11) is 0. The largest absolute Gasteiger partial charge is 0.494 e. The van der Waals surface area contributed by atoms with Gasteiger partial charge in [-0.2, -0.15) is 0 Å². The van der Waals surface area contributed by atoms with Gasteiger partial charge in [-0.3, -0.25) is 9.69 Å². The lowest BCUT2D eigenvalue weighted by atomic mass is 9.92. The Hall–Kier alpha value is -3.28. The van der Waals surface area contributed by atoms with Crippen molar-refractivity contribution in [2.24, 2.45) is 0 Å². The maximum Gasteiger partial charge on any atom is 0.325 e. The van der Waals surface area contributed by atoms with Crippen LogP contribution in [0, 0.1) is 0 Å². The molecule has 1 heterocycles. The van der Waals surface area contributed by atoms with E-state index < -0.39 is 5.54 Å². The van der Waals surface area contributed by atoms with Crippen LogP contribution >= 0.6 is 0 Å². The van der Waals surface area contributed by atoms with Gasteiger partial charge in [0.15, 0.2) is 0 Å². The Morgan fingerprint density at radius 1 is 1.03 bits per heavy atom. The van der Waals surface area contributed by atoms with Gasteiger partial charge in [-0.05, 0) is 67.7 Å². The molecule has 0 spiro atoms. The molecule has 2 aromatic carbocycles. The Kier molecular flexibility index (Phi) is 7.00. The summed E-state index contributed by atoms with van der Waals surface area (Å²) in [5.41, 5.74) is 1.79. The van der Waals surface area contributed by atoms with Crippen molar-refractivity contribution in [1.29, 1.82) is 0 Å². The van der Waals surface area contributed by atoms with E-state index in [1.54, 1.807) is 31.2 Å². The average Bonchev–Trinajstić information content (AvgIpc) is 2.99. The van der Waals surface area contributed by atoms with Gasteiger partial charge < -0.3 is 14.8 Å². The first-order chi connectivity index (χ1) is 14.8. The highest BCUT2D eigenvalue weighted by molar-refractivity contribution is 6.07. The number of ether oxygens (including phenoxy) is 2. The molecule has 0 aromatic heterocycles. The second-order valence-electron chi connectivity index (χ2n) is 7.98. The Labute approximate surface area is 183 Å². The number of nitrogens with one attached hydrogen (secondary N) is 1. The predicted molar refractivity (Wildman–Crippen MR) is 120 cm³/mol. The van der Waals surface area contributed by atoms with Gasteiger partial charge in [0, 0.05) is 6.54 Å². The average molecular weight is 423 g/mol. The van der Waals surface area contributed by atoms with E-state index in [4.69, 9.17) is 9.47 Å². The number of hydrogen-bond donors (Lipinski definition) is 1. The summed E-state index contributed by atoms with van der Waals surface area (Å²) in [6.07, 6.45) is 1.54. The van der Waals surface area contributed by atoms with Gasteiger partial charge >= 0.3 is 6.03 Å². The third-order valence-corrected chi connectivity index (χ3v) is 5.32. The van der Waals surface area contributed by atoms with Gasteiger partial charge in [0.2, 0.25) is 0 Å². The maximum atomic E-state index is 13.0. The van der Waals surface area contributed by atoms with Crippen molar-refractivity contribution < 1.29 is 19.1 Å². The Morgan fingerprint density at radius 2 is 1.65 bits per heavy atom. The zero-order valence-corrected chi connectivity index (χ0v) is 18.4. The van der Waals surface area contributed by atoms with Crippen LogP contribution in [0.1, 0.15) is 38.3 Å². The zero-order chi connectivity index (χ0) is 22.4. The fourth-order valence-corrected chi connectivity index (χ4v) is 3.42. The van der Waals surface area contributed by atoms with E-state index in [0.29, 0.717) is 37.5 Å². The van der Waals surface area contributed by atoms with Crippen molar-refractivity contribution in [2.75, 3.05) is 19.8 Å². The summed E-state index contributed by atoms with van der Waals surface area (Å²) >= 11 is 0. The molecule has 1 N–H and O–H groups in total. The SMILES string of the molecule is C=C(C)COc1ccc(C2(C)NC(=O)N(CCCOc3ccc(CC)cc3)C2=O)cc1. The highest BCUT2D eigenvalue weighted by Crippen LogP contribution is 2.30. The highest BCUT2D eigenvalue weighted by Gasteiger charge is 2.48. The standard InChI is InChI=1S/C25H30N2O4/c1-5-19-7-11-21(12-8-19)30-16-6-15-27-23(28)25(4,26-24(27)29)20-9-13-22(14-10-20)31-17-18(2)3/h7-14H,2,5-6,15-17H2,1,3-4H3,(H,26,29). The molecule has 31 heavy (non-hydrogen) atoms. The lowest BCUT2D eigenvalue weighted by Gasteiger charge is -2.22. The number of benzene rings is 2. The number of carbonyl (C=O) groups is 2. The second kappa shape index (κ2) is 9.69. The predicted octanol–water partition coefficient (Wildman–Crippen LogP) is 4.44. The van der Waals surface area contributed by atoms with Crippen LogP contribution < -0.4 is 14.8 Å². The molecule has 6 heteroatoms. The van der Waals surface area contributed by atoms with E-state index in [9.17, 15) is 9.59 Å². The minimum atomic E-state index is -1.10. The topological polar surface area (TPSA) is 67.9 Å². The second-order valence-corrected chi connectivity index (χ2v) is 7.98. The Bertz CT molecular complexity index is 937. The summed E-state index contributed by atoms with van der Waals surface area (Å²) in [6.45, 7) is 10.7. The van der Waals surface area contributed by atoms with Crippen LogP contribution in [0.2, 0.25) is 0 Å². The molecule has 3 amide bonds. The van der Waals surface area contributed by atoms with Crippen LogP contribution in [0.3, 0.4) is 0 Å². The van der Waals surface area contributed by atoms with Crippen molar-refractivity contribution in [2.45, 2.75) is 39.2 Å². The van der Waals surface area contributed by atoms with Crippen molar-refractivity contribution in [3.63, 3.8) is 0 Å². The third-order valence-electron chi connectivity index (χ3n) is 5.32. The third kappa shape index (κ3) is 5.26. The summed E-state index contributed by atoms with van der Waals surface area (Å²) in [5, 5.41) is 2.83. The normalized spacial score (nSPS) is 18.1. The molecule has 164 valence electrons. The molecule has 1 atom stereocenters. The lowest BCUT2D eigenvalue weighted by molar-refractivity contribution is -0.131. The Morgan fingerprint density at radius 3 is 2.26 bits per heavy atom. The minimum absolute atomic E-state index is 0.264. The molecule has 1 aliphatic heterocycles. The first kappa shape index (κ1) is 22.4. The van der Waals surface area contributed by atoms with Crippen molar-refractivity contribution in [1.82, 2.24) is 10.2 Å². The van der Waals surface area contributed by atoms with Crippen molar-refractivity contribution in [3.8, 4) is 11.5 Å². The van der Waals surface area contributed by atoms with Crippen molar-refractivity contribution >= 4 is 11.9 Å². The molecule has 1 saturated heterocycles. The van der Waals surface area contributed by atoms with E-state index >= 15 is 0 Å². The first-order valence-corrected chi connectivity index (χ1v) is 10.6. The number of aryl methyl sites for hydroxylation is 1. The lowest BCUT2D eigenvalue weighted by Crippen LogP contribution is -2.41. The molecule has 1 fully saturated rings. The maximum absolute atomic E-state index is 13.0. The number of imide groups is 1. The van der Waals surface area contributed by atoms with Gasteiger partial charge in [0.25, 0.3) is 5.91 Å². The van der Waals surface area contributed by atoms with E-state index in [-0.39, 0.29) is 11.9 Å². The van der Waals surface area contributed by atoms with Crippen LogP contribution in [0.4, 0.5) is 4.79 Å². The molecule has 0 radical (unpaired) electrons. The summed E-state index contributed by atoms with van der Waals surface area (Å²) in [5.74, 6) is 1.21. The molecule has 0 bridgehead atoms. The van der Waals surface area contributed by atoms with E-state index in [2.05, 4.69) is 18.8 Å². The number of amides is 3. The van der Waals surface area contributed by atoms with Crippen LogP contribution in [0.5, 0.6) is 11.5 Å². The highest BCUT2D eigenvalue weighted by atomic mass is 16.5. The summed E-state index contributed by atoms with van der Waals surface area (Å²) in [6, 6.07) is 14.8. The van der Waals surface area contributed by atoms with E-state index in [0.717, 1.165) is 17.7 Å². The van der Waals surface area contributed by atoms with Gasteiger partial charge in [-0.25, -0.2) is 4.79 Å². The molecule has 3 rings (SSSR count). The van der Waals surface area contributed by atoms with Gasteiger partial charge in [-0.15, -0.1) is 0 Å². The fourth-order valence-electron chi connectivity index (χ4n) is 3.42. The number of nitrogens with zero attached hydrogens (tertiary/aromatic N) is 1. The van der Waals surface area contributed by atoms with Crippen molar-refractivity contribution in [3.05, 3.63) is 71.8 Å². The summed E-state index contributed by atoms with van der Waals surface area (Å²) in [4.78, 5) is 26.8. The molecular weight excluding hydrogens is 392 g/mol. The monoisotopic (exact) mass is 422 g/mol. The van der Waals surface area contributed by atoms with Crippen LogP contribution in [0.15, 0.2) is 60.7 Å². The molecule has 0 aliphatic carbocycles. The van der Waals surface area contributed by atoms with Gasteiger partial charge in [-0.1, -0.05) is 37.8 Å². The molecule has 1 aliphatic rings. The fraction of sp³-hybridized carbons (Fsp3) is 0.360. The molecule has 6 nitrogen and oxygen atoms in total. The van der Waals surface area contributed by atoms with Crippen LogP contribution in [-0.4, -0.2) is 36.6 Å². The van der Waals surface area contributed by atoms with E-state index in [1.165, 1.54) is 10.5 Å². The minimum Gasteiger partial charge on any atom is -0.494 e. The number of urea groups is 1. The smallest absolute Gasteiger partial charge is 0.325 e. The zero-order valence-electron chi connectivity index (χ0n) is 18.4. The number of hydrogen-bond acceptors (Lipinski definition) is 4. The van der Waals surface area contributed by atoms with Crippen LogP contribution in [0.25, 0.3) is 0 Å². The summed E-state index contributed by atoms with van der Waals surface area (Å²) < 4.78 is 11.3. The number of carbonyl (C=O) groups excluding carboxylic acids is 2. The molecular formula is C25H30N2O4. The van der Waals surface area contributed by atoms with Gasteiger partial charge in [0.05, 0.1) is 6.61 Å².